The third-order valence-electron chi connectivity index (χ3n) is 3.97. The van der Waals surface area contributed by atoms with Gasteiger partial charge < -0.3 is 5.32 Å². The third kappa shape index (κ3) is 4.33. The third-order valence-corrected chi connectivity index (χ3v) is 4.23. The first-order chi connectivity index (χ1) is 9.97. The van der Waals surface area contributed by atoms with Crippen LogP contribution in [0.15, 0.2) is 48.5 Å². The average Bonchev–Trinajstić information content (AvgIpc) is 2.47. The van der Waals surface area contributed by atoms with E-state index >= 15 is 0 Å². The van der Waals surface area contributed by atoms with Gasteiger partial charge in [0.2, 0.25) is 0 Å². The van der Waals surface area contributed by atoms with E-state index in [4.69, 9.17) is 11.6 Å². The van der Waals surface area contributed by atoms with Crippen LogP contribution >= 0.6 is 11.6 Å². The van der Waals surface area contributed by atoms with Crippen LogP contribution in [0.3, 0.4) is 0 Å². The van der Waals surface area contributed by atoms with Crippen LogP contribution in [-0.2, 0) is 0 Å². The molecule has 0 spiro atoms. The van der Waals surface area contributed by atoms with Crippen LogP contribution < -0.4 is 5.32 Å². The molecule has 0 amide bonds. The molecule has 1 nitrogen and oxygen atoms in total. The molecule has 0 fully saturated rings. The highest BCUT2D eigenvalue weighted by atomic mass is 35.5. The molecule has 0 saturated carbocycles. The summed E-state index contributed by atoms with van der Waals surface area (Å²) in [6.45, 7) is 8.83. The van der Waals surface area contributed by atoms with Gasteiger partial charge in [0, 0.05) is 17.1 Å². The molecule has 2 heteroatoms. The monoisotopic (exact) mass is 301 g/mol. The summed E-state index contributed by atoms with van der Waals surface area (Å²) in [4.78, 5) is 0. The van der Waals surface area contributed by atoms with Crippen LogP contribution in [-0.4, -0.2) is 0 Å². The summed E-state index contributed by atoms with van der Waals surface area (Å²) in [6.07, 6.45) is 0. The predicted molar refractivity (Wildman–Crippen MR) is 91.9 cm³/mol. The average molecular weight is 302 g/mol. The molecule has 0 saturated heterocycles. The fraction of sp³-hybridized carbons (Fsp3) is 0.368. The zero-order valence-electron chi connectivity index (χ0n) is 13.2. The smallest absolute Gasteiger partial charge is 0.0406 e. The zero-order chi connectivity index (χ0) is 15.4. The Balaban J connectivity index is 2.03. The van der Waals surface area contributed by atoms with Crippen LogP contribution in [0.25, 0.3) is 0 Å². The molecule has 2 rings (SSSR count). The van der Waals surface area contributed by atoms with Crippen molar-refractivity contribution in [3.05, 3.63) is 70.2 Å². The summed E-state index contributed by atoms with van der Waals surface area (Å²) in [5, 5.41) is 4.42. The number of rotatable bonds is 5. The van der Waals surface area contributed by atoms with E-state index in [0.29, 0.717) is 18.0 Å². The predicted octanol–water partition coefficient (Wildman–Crippen LogP) is 5.88. The Morgan fingerprint density at radius 2 is 1.05 bits per heavy atom. The van der Waals surface area contributed by atoms with Gasteiger partial charge in [0.1, 0.15) is 0 Å². The molecule has 0 aliphatic rings. The minimum atomic E-state index is 0.294. The van der Waals surface area contributed by atoms with Gasteiger partial charge in [0.25, 0.3) is 0 Å². The number of nitrogens with one attached hydrogen (secondary N) is 1. The standard InChI is InChI=1S/C19H24ClN/c1-13(2)16-5-7-17(8-6-16)14(3)21-15(4)18-9-11-19(20)12-10-18/h5-15,21H,1-4H3/t14?,15-/m0/s1. The zero-order valence-corrected chi connectivity index (χ0v) is 14.0. The van der Waals surface area contributed by atoms with E-state index in [2.05, 4.69) is 69.4 Å². The lowest BCUT2D eigenvalue weighted by molar-refractivity contribution is 0.494. The number of benzene rings is 2. The molecule has 0 heterocycles. The molecule has 21 heavy (non-hydrogen) atoms. The van der Waals surface area contributed by atoms with Crippen LogP contribution in [0.5, 0.6) is 0 Å². The molecule has 0 radical (unpaired) electrons. The van der Waals surface area contributed by atoms with Crippen molar-refractivity contribution in [3.63, 3.8) is 0 Å². The quantitative estimate of drug-likeness (QED) is 0.727. The fourth-order valence-corrected chi connectivity index (χ4v) is 2.61. The van der Waals surface area contributed by atoms with E-state index in [1.807, 2.05) is 12.1 Å². The lowest BCUT2D eigenvalue weighted by atomic mass is 9.99. The lowest BCUT2D eigenvalue weighted by Gasteiger charge is -2.21. The van der Waals surface area contributed by atoms with Crippen molar-refractivity contribution in [2.75, 3.05) is 0 Å². The maximum atomic E-state index is 5.94. The Bertz CT molecular complexity index is 557. The van der Waals surface area contributed by atoms with Gasteiger partial charge in [-0.2, -0.15) is 0 Å². The van der Waals surface area contributed by atoms with Gasteiger partial charge in [0.05, 0.1) is 0 Å². The Morgan fingerprint density at radius 1 is 0.667 bits per heavy atom. The minimum absolute atomic E-state index is 0.294. The molecule has 1 unspecified atom stereocenters. The van der Waals surface area contributed by atoms with Crippen molar-refractivity contribution >= 4 is 11.6 Å². The molecular weight excluding hydrogens is 278 g/mol. The summed E-state index contributed by atoms with van der Waals surface area (Å²) in [7, 11) is 0. The van der Waals surface area contributed by atoms with Crippen molar-refractivity contribution in [1.29, 1.82) is 0 Å². The van der Waals surface area contributed by atoms with Crippen LogP contribution in [0.1, 0.15) is 62.4 Å². The first-order valence-corrected chi connectivity index (χ1v) is 7.96. The minimum Gasteiger partial charge on any atom is -0.304 e. The van der Waals surface area contributed by atoms with E-state index in [1.54, 1.807) is 0 Å². The molecule has 2 aromatic carbocycles. The molecule has 1 N–H and O–H groups in total. The van der Waals surface area contributed by atoms with Crippen LogP contribution in [0.4, 0.5) is 0 Å². The number of halogens is 1. The molecule has 0 aliphatic carbocycles. The highest BCUT2D eigenvalue weighted by Gasteiger charge is 2.11. The Labute approximate surface area is 133 Å². The highest BCUT2D eigenvalue weighted by molar-refractivity contribution is 6.30. The summed E-state index contributed by atoms with van der Waals surface area (Å²) in [5.74, 6) is 0.579. The van der Waals surface area contributed by atoms with Crippen LogP contribution in [0.2, 0.25) is 5.02 Å². The Morgan fingerprint density at radius 3 is 1.48 bits per heavy atom. The van der Waals surface area contributed by atoms with Gasteiger partial charge in [-0.05, 0) is 48.6 Å². The van der Waals surface area contributed by atoms with E-state index in [0.717, 1.165) is 5.02 Å². The van der Waals surface area contributed by atoms with E-state index in [-0.39, 0.29) is 0 Å². The van der Waals surface area contributed by atoms with Gasteiger partial charge in [-0.1, -0.05) is 61.8 Å². The fourth-order valence-electron chi connectivity index (χ4n) is 2.49. The second kappa shape index (κ2) is 7.11. The van der Waals surface area contributed by atoms with E-state index in [9.17, 15) is 0 Å². The van der Waals surface area contributed by atoms with Gasteiger partial charge in [-0.3, -0.25) is 0 Å². The first kappa shape index (κ1) is 16.1. The maximum absolute atomic E-state index is 5.94. The molecule has 112 valence electrons. The van der Waals surface area contributed by atoms with Crippen molar-refractivity contribution in [3.8, 4) is 0 Å². The molecule has 2 atom stereocenters. The summed E-state index contributed by atoms with van der Waals surface area (Å²) in [6, 6.07) is 17.6. The second-order valence-electron chi connectivity index (χ2n) is 5.98. The topological polar surface area (TPSA) is 12.0 Å². The Hall–Kier alpha value is -1.31. The maximum Gasteiger partial charge on any atom is 0.0406 e. The molecule has 0 bridgehead atoms. The summed E-state index contributed by atoms with van der Waals surface area (Å²) >= 11 is 5.94. The summed E-state index contributed by atoms with van der Waals surface area (Å²) < 4.78 is 0. The van der Waals surface area contributed by atoms with Gasteiger partial charge in [0.15, 0.2) is 0 Å². The van der Waals surface area contributed by atoms with E-state index in [1.165, 1.54) is 16.7 Å². The summed E-state index contributed by atoms with van der Waals surface area (Å²) in [5.41, 5.74) is 3.96. The normalized spacial score (nSPS) is 14.2. The molecule has 2 aromatic rings. The lowest BCUT2D eigenvalue weighted by Crippen LogP contribution is -2.22. The van der Waals surface area contributed by atoms with Crippen molar-refractivity contribution in [2.24, 2.45) is 0 Å². The van der Waals surface area contributed by atoms with E-state index < -0.39 is 0 Å². The van der Waals surface area contributed by atoms with Crippen molar-refractivity contribution in [1.82, 2.24) is 5.32 Å². The molecule has 0 aromatic heterocycles. The highest BCUT2D eigenvalue weighted by Crippen LogP contribution is 2.22. The Kier molecular flexibility index (Phi) is 5.44. The second-order valence-corrected chi connectivity index (χ2v) is 6.42. The van der Waals surface area contributed by atoms with Crippen molar-refractivity contribution in [2.45, 2.75) is 45.7 Å². The molecule has 0 aliphatic heterocycles. The number of hydrogen-bond acceptors (Lipinski definition) is 1. The van der Waals surface area contributed by atoms with Crippen molar-refractivity contribution < 1.29 is 0 Å². The molecular formula is C19H24ClN. The van der Waals surface area contributed by atoms with Gasteiger partial charge in [-0.15, -0.1) is 0 Å². The van der Waals surface area contributed by atoms with Crippen LogP contribution in [0, 0.1) is 0 Å². The largest absolute Gasteiger partial charge is 0.304 e. The number of hydrogen-bond donors (Lipinski definition) is 1. The van der Waals surface area contributed by atoms with Gasteiger partial charge in [-0.25, -0.2) is 0 Å². The van der Waals surface area contributed by atoms with Gasteiger partial charge >= 0.3 is 0 Å². The SMILES string of the molecule is CC(C)c1ccc(C(C)N[C@@H](C)c2ccc(Cl)cc2)cc1. The first-order valence-electron chi connectivity index (χ1n) is 7.58.